The zero-order valence-electron chi connectivity index (χ0n) is 19.2. The summed E-state index contributed by atoms with van der Waals surface area (Å²) in [6.07, 6.45) is -0.729. The molecule has 0 fully saturated rings. The standard InChI is InChI=1S/C26H28N2O5/c1-5-32-21-13-9-20(10-14-21)27-25(29)18(3)33-22-11-7-19(8-12-22)26(30)28-23-16-17(2)6-15-24(23)31-4/h6-16,18H,5H2,1-4H3,(H,27,29)(H,28,30). The van der Waals surface area contributed by atoms with Crippen molar-refractivity contribution in [2.75, 3.05) is 24.4 Å². The van der Waals surface area contributed by atoms with E-state index in [4.69, 9.17) is 14.2 Å². The fourth-order valence-electron chi connectivity index (χ4n) is 3.10. The first-order valence-electron chi connectivity index (χ1n) is 10.7. The highest BCUT2D eigenvalue weighted by Crippen LogP contribution is 2.26. The van der Waals surface area contributed by atoms with Gasteiger partial charge in [-0.3, -0.25) is 9.59 Å². The van der Waals surface area contributed by atoms with E-state index in [1.54, 1.807) is 62.6 Å². The Kier molecular flexibility index (Phi) is 7.91. The molecule has 3 rings (SSSR count). The SMILES string of the molecule is CCOc1ccc(NC(=O)C(C)Oc2ccc(C(=O)Nc3cc(C)ccc3OC)cc2)cc1. The molecule has 0 saturated heterocycles. The van der Waals surface area contributed by atoms with Gasteiger partial charge in [0, 0.05) is 11.3 Å². The Hall–Kier alpha value is -4.00. The Bertz CT molecular complexity index is 1090. The predicted octanol–water partition coefficient (Wildman–Crippen LogP) is 5.06. The highest BCUT2D eigenvalue weighted by molar-refractivity contribution is 6.05. The van der Waals surface area contributed by atoms with Crippen molar-refractivity contribution in [2.45, 2.75) is 26.9 Å². The molecule has 2 N–H and O–H groups in total. The number of carbonyl (C=O) groups is 2. The topological polar surface area (TPSA) is 85.9 Å². The van der Waals surface area contributed by atoms with Crippen LogP contribution in [0.15, 0.2) is 66.7 Å². The molecule has 7 nitrogen and oxygen atoms in total. The second-order valence-electron chi connectivity index (χ2n) is 7.39. The number of nitrogens with one attached hydrogen (secondary N) is 2. The lowest BCUT2D eigenvalue weighted by Gasteiger charge is -2.15. The summed E-state index contributed by atoms with van der Waals surface area (Å²) in [5.41, 5.74) is 2.71. The molecule has 2 amide bonds. The summed E-state index contributed by atoms with van der Waals surface area (Å²) in [7, 11) is 1.56. The van der Waals surface area contributed by atoms with Crippen molar-refractivity contribution in [1.82, 2.24) is 0 Å². The molecule has 0 radical (unpaired) electrons. The molecule has 3 aromatic carbocycles. The van der Waals surface area contributed by atoms with Gasteiger partial charge in [0.2, 0.25) is 0 Å². The van der Waals surface area contributed by atoms with E-state index in [-0.39, 0.29) is 11.8 Å². The largest absolute Gasteiger partial charge is 0.495 e. The molecule has 1 unspecified atom stereocenters. The van der Waals surface area contributed by atoms with Crippen LogP contribution in [0.5, 0.6) is 17.2 Å². The quantitative estimate of drug-likeness (QED) is 0.478. The normalized spacial score (nSPS) is 11.3. The third kappa shape index (κ3) is 6.49. The van der Waals surface area contributed by atoms with Gasteiger partial charge in [-0.05, 0) is 87.0 Å². The molecule has 7 heteroatoms. The molecular weight excluding hydrogens is 420 g/mol. The Balaban J connectivity index is 1.57. The minimum absolute atomic E-state index is 0.272. The van der Waals surface area contributed by atoms with Crippen LogP contribution in [0.1, 0.15) is 29.8 Å². The Labute approximate surface area is 193 Å². The maximum Gasteiger partial charge on any atom is 0.265 e. The van der Waals surface area contributed by atoms with Gasteiger partial charge in [-0.15, -0.1) is 0 Å². The summed E-state index contributed by atoms with van der Waals surface area (Å²) in [6, 6.07) is 19.3. The van der Waals surface area contributed by atoms with E-state index >= 15 is 0 Å². The first-order valence-corrected chi connectivity index (χ1v) is 10.7. The lowest BCUT2D eigenvalue weighted by Crippen LogP contribution is -2.30. The fourth-order valence-corrected chi connectivity index (χ4v) is 3.10. The van der Waals surface area contributed by atoms with Crippen molar-refractivity contribution in [3.8, 4) is 17.2 Å². The summed E-state index contributed by atoms with van der Waals surface area (Å²) in [5, 5.41) is 5.67. The molecule has 1 atom stereocenters. The van der Waals surface area contributed by atoms with E-state index in [1.165, 1.54) is 0 Å². The summed E-state index contributed by atoms with van der Waals surface area (Å²) in [6.45, 7) is 6.09. The van der Waals surface area contributed by atoms with Crippen LogP contribution >= 0.6 is 0 Å². The monoisotopic (exact) mass is 448 g/mol. The maximum absolute atomic E-state index is 12.6. The van der Waals surface area contributed by atoms with E-state index in [9.17, 15) is 9.59 Å². The molecule has 33 heavy (non-hydrogen) atoms. The van der Waals surface area contributed by atoms with Crippen molar-refractivity contribution in [3.05, 3.63) is 77.9 Å². The van der Waals surface area contributed by atoms with Gasteiger partial charge in [0.1, 0.15) is 17.2 Å². The zero-order chi connectivity index (χ0) is 23.8. The summed E-state index contributed by atoms with van der Waals surface area (Å²) >= 11 is 0. The molecule has 0 aromatic heterocycles. The minimum Gasteiger partial charge on any atom is -0.495 e. The summed E-state index contributed by atoms with van der Waals surface area (Å²) in [4.78, 5) is 25.1. The number of anilines is 2. The fraction of sp³-hybridized carbons (Fsp3) is 0.231. The van der Waals surface area contributed by atoms with Gasteiger partial charge in [0.25, 0.3) is 11.8 Å². The highest BCUT2D eigenvalue weighted by Gasteiger charge is 2.16. The number of carbonyl (C=O) groups excluding carboxylic acids is 2. The minimum atomic E-state index is -0.729. The zero-order valence-corrected chi connectivity index (χ0v) is 19.2. The third-order valence-corrected chi connectivity index (χ3v) is 4.83. The molecule has 0 aliphatic carbocycles. The van der Waals surface area contributed by atoms with Crippen LogP contribution in [0.2, 0.25) is 0 Å². The molecular formula is C26H28N2O5. The lowest BCUT2D eigenvalue weighted by atomic mass is 10.1. The summed E-state index contributed by atoms with van der Waals surface area (Å²) < 4.78 is 16.4. The molecule has 0 aliphatic heterocycles. The highest BCUT2D eigenvalue weighted by atomic mass is 16.5. The van der Waals surface area contributed by atoms with E-state index in [1.807, 2.05) is 32.0 Å². The van der Waals surface area contributed by atoms with E-state index in [0.29, 0.717) is 35.0 Å². The van der Waals surface area contributed by atoms with Crippen LogP contribution in [-0.4, -0.2) is 31.6 Å². The van der Waals surface area contributed by atoms with Gasteiger partial charge in [-0.25, -0.2) is 0 Å². The Morgan fingerprint density at radius 1 is 0.909 bits per heavy atom. The van der Waals surface area contributed by atoms with E-state index < -0.39 is 6.10 Å². The molecule has 3 aromatic rings. The second kappa shape index (κ2) is 11.0. The maximum atomic E-state index is 12.6. The smallest absolute Gasteiger partial charge is 0.265 e. The second-order valence-corrected chi connectivity index (χ2v) is 7.39. The Morgan fingerprint density at radius 3 is 2.21 bits per heavy atom. The van der Waals surface area contributed by atoms with Crippen LogP contribution < -0.4 is 24.8 Å². The number of ether oxygens (including phenoxy) is 3. The number of hydrogen-bond donors (Lipinski definition) is 2. The van der Waals surface area contributed by atoms with Crippen molar-refractivity contribution >= 4 is 23.2 Å². The van der Waals surface area contributed by atoms with E-state index in [0.717, 1.165) is 11.3 Å². The van der Waals surface area contributed by atoms with Crippen LogP contribution in [0.4, 0.5) is 11.4 Å². The molecule has 0 bridgehead atoms. The summed E-state index contributed by atoms with van der Waals surface area (Å²) in [5.74, 6) is 1.25. The lowest BCUT2D eigenvalue weighted by molar-refractivity contribution is -0.122. The van der Waals surface area contributed by atoms with Gasteiger partial charge in [-0.2, -0.15) is 0 Å². The number of aryl methyl sites for hydroxylation is 1. The third-order valence-electron chi connectivity index (χ3n) is 4.83. The molecule has 0 heterocycles. The Morgan fingerprint density at radius 2 is 1.58 bits per heavy atom. The first-order chi connectivity index (χ1) is 15.9. The van der Waals surface area contributed by atoms with Crippen molar-refractivity contribution in [1.29, 1.82) is 0 Å². The van der Waals surface area contributed by atoms with Crippen LogP contribution in [0.25, 0.3) is 0 Å². The van der Waals surface area contributed by atoms with Crippen LogP contribution in [0, 0.1) is 6.92 Å². The van der Waals surface area contributed by atoms with Crippen molar-refractivity contribution in [2.24, 2.45) is 0 Å². The first kappa shape index (κ1) is 23.7. The number of amides is 2. The molecule has 172 valence electrons. The molecule has 0 spiro atoms. The number of benzene rings is 3. The van der Waals surface area contributed by atoms with Crippen LogP contribution in [-0.2, 0) is 4.79 Å². The van der Waals surface area contributed by atoms with Gasteiger partial charge in [0.05, 0.1) is 19.4 Å². The predicted molar refractivity (Wildman–Crippen MR) is 128 cm³/mol. The number of hydrogen-bond acceptors (Lipinski definition) is 5. The molecule has 0 saturated carbocycles. The van der Waals surface area contributed by atoms with Gasteiger partial charge in [0.15, 0.2) is 6.10 Å². The number of rotatable bonds is 9. The molecule has 0 aliphatic rings. The van der Waals surface area contributed by atoms with Crippen LogP contribution in [0.3, 0.4) is 0 Å². The van der Waals surface area contributed by atoms with Crippen molar-refractivity contribution < 1.29 is 23.8 Å². The average Bonchev–Trinajstić information content (AvgIpc) is 2.81. The van der Waals surface area contributed by atoms with E-state index in [2.05, 4.69) is 10.6 Å². The van der Waals surface area contributed by atoms with Crippen molar-refractivity contribution in [3.63, 3.8) is 0 Å². The average molecular weight is 449 g/mol. The van der Waals surface area contributed by atoms with Gasteiger partial charge in [-0.1, -0.05) is 6.07 Å². The van der Waals surface area contributed by atoms with Gasteiger partial charge < -0.3 is 24.8 Å². The number of methoxy groups -OCH3 is 1. The van der Waals surface area contributed by atoms with Gasteiger partial charge >= 0.3 is 0 Å².